The first-order valence-electron chi connectivity index (χ1n) is 7.07. The maximum absolute atomic E-state index is 13.9. The Morgan fingerprint density at radius 1 is 1.35 bits per heavy atom. The van der Waals surface area contributed by atoms with Crippen LogP contribution in [0.2, 0.25) is 0 Å². The molecule has 0 atom stereocenters. The number of ether oxygens (including phenoxy) is 1. The van der Waals surface area contributed by atoms with Crippen molar-refractivity contribution in [1.29, 1.82) is 0 Å². The number of alkyl halides is 1. The van der Waals surface area contributed by atoms with E-state index >= 15 is 0 Å². The van der Waals surface area contributed by atoms with Crippen LogP contribution in [0.25, 0.3) is 11.0 Å². The van der Waals surface area contributed by atoms with Crippen LogP contribution in [0.4, 0.5) is 4.39 Å². The van der Waals surface area contributed by atoms with Gasteiger partial charge in [-0.05, 0) is 30.9 Å². The average Bonchev–Trinajstić information content (AvgIpc) is 2.81. The van der Waals surface area contributed by atoms with Gasteiger partial charge in [0, 0.05) is 32.1 Å². The van der Waals surface area contributed by atoms with Crippen molar-refractivity contribution in [3.8, 4) is 0 Å². The Balaban J connectivity index is 1.97. The van der Waals surface area contributed by atoms with E-state index < -0.39 is 0 Å². The molecule has 0 radical (unpaired) electrons. The van der Waals surface area contributed by atoms with Crippen molar-refractivity contribution in [3.05, 3.63) is 29.8 Å². The zero-order valence-electron chi connectivity index (χ0n) is 11.3. The van der Waals surface area contributed by atoms with Crippen LogP contribution in [0.3, 0.4) is 0 Å². The number of imidazole rings is 1. The Labute approximate surface area is 122 Å². The van der Waals surface area contributed by atoms with Gasteiger partial charge in [-0.2, -0.15) is 0 Å². The van der Waals surface area contributed by atoms with E-state index in [-0.39, 0.29) is 5.82 Å². The van der Waals surface area contributed by atoms with Gasteiger partial charge >= 0.3 is 0 Å². The lowest BCUT2D eigenvalue weighted by molar-refractivity contribution is 0.0613. The summed E-state index contributed by atoms with van der Waals surface area (Å²) in [5.41, 5.74) is 1.33. The van der Waals surface area contributed by atoms with Gasteiger partial charge in [-0.15, -0.1) is 11.6 Å². The number of rotatable bonds is 4. The van der Waals surface area contributed by atoms with Crippen LogP contribution in [-0.2, 0) is 17.7 Å². The summed E-state index contributed by atoms with van der Waals surface area (Å²) in [6.07, 6.45) is 2.77. The highest BCUT2D eigenvalue weighted by Gasteiger charge is 2.19. The molecule has 0 unspecified atom stereocenters. The van der Waals surface area contributed by atoms with Gasteiger partial charge in [-0.1, -0.05) is 6.07 Å². The molecule has 1 fully saturated rings. The zero-order valence-corrected chi connectivity index (χ0v) is 12.1. The van der Waals surface area contributed by atoms with Gasteiger partial charge in [-0.25, -0.2) is 9.37 Å². The van der Waals surface area contributed by atoms with Gasteiger partial charge < -0.3 is 9.30 Å². The number of benzene rings is 1. The van der Waals surface area contributed by atoms with Crippen molar-refractivity contribution >= 4 is 22.6 Å². The molecule has 0 aliphatic carbocycles. The van der Waals surface area contributed by atoms with Crippen molar-refractivity contribution < 1.29 is 9.13 Å². The topological polar surface area (TPSA) is 27.1 Å². The van der Waals surface area contributed by atoms with E-state index in [2.05, 4.69) is 9.55 Å². The molecule has 0 spiro atoms. The number of fused-ring (bicyclic) bond motifs is 1. The summed E-state index contributed by atoms with van der Waals surface area (Å²) in [6, 6.07) is 5.13. The Morgan fingerprint density at radius 2 is 2.15 bits per heavy atom. The van der Waals surface area contributed by atoms with Crippen LogP contribution in [0, 0.1) is 11.7 Å². The quantitative estimate of drug-likeness (QED) is 0.809. The van der Waals surface area contributed by atoms with Gasteiger partial charge in [0.2, 0.25) is 0 Å². The first-order valence-corrected chi connectivity index (χ1v) is 7.60. The molecule has 3 rings (SSSR count). The van der Waals surface area contributed by atoms with Gasteiger partial charge in [0.05, 0.1) is 5.52 Å². The Bertz CT molecular complexity index is 593. The Morgan fingerprint density at radius 3 is 2.90 bits per heavy atom. The summed E-state index contributed by atoms with van der Waals surface area (Å²) in [4.78, 5) is 4.44. The van der Waals surface area contributed by atoms with Crippen LogP contribution in [0.1, 0.15) is 18.7 Å². The molecule has 20 heavy (non-hydrogen) atoms. The fourth-order valence-corrected chi connectivity index (χ4v) is 3.00. The summed E-state index contributed by atoms with van der Waals surface area (Å²) in [5, 5.41) is 0. The fraction of sp³-hybridized carbons (Fsp3) is 0.533. The number of aryl methyl sites for hydroxylation is 1. The highest BCUT2D eigenvalue weighted by atomic mass is 35.5. The predicted molar refractivity (Wildman–Crippen MR) is 77.7 cm³/mol. The van der Waals surface area contributed by atoms with Crippen LogP contribution < -0.4 is 0 Å². The van der Waals surface area contributed by atoms with Crippen molar-refractivity contribution in [1.82, 2.24) is 9.55 Å². The number of nitrogens with zero attached hydrogens (tertiary/aromatic N) is 2. The third-order valence-electron chi connectivity index (χ3n) is 3.91. The molecule has 1 aliphatic rings. The molecule has 3 nitrogen and oxygen atoms in total. The molecule has 0 N–H and O–H groups in total. The molecule has 1 aliphatic heterocycles. The Kier molecular flexibility index (Phi) is 4.22. The van der Waals surface area contributed by atoms with E-state index in [9.17, 15) is 4.39 Å². The number of hydrogen-bond donors (Lipinski definition) is 0. The lowest BCUT2D eigenvalue weighted by atomic mass is 10.0. The summed E-state index contributed by atoms with van der Waals surface area (Å²) in [5.74, 6) is 1.69. The van der Waals surface area contributed by atoms with Crippen molar-refractivity contribution in [2.24, 2.45) is 5.92 Å². The van der Waals surface area contributed by atoms with E-state index in [0.717, 1.165) is 43.9 Å². The average molecular weight is 297 g/mol. The fourth-order valence-electron chi connectivity index (χ4n) is 2.83. The van der Waals surface area contributed by atoms with Gasteiger partial charge in [0.1, 0.15) is 11.3 Å². The summed E-state index contributed by atoms with van der Waals surface area (Å²) >= 11 is 5.85. The van der Waals surface area contributed by atoms with Crippen molar-refractivity contribution in [2.75, 3.05) is 19.1 Å². The molecule has 2 aromatic rings. The normalized spacial score (nSPS) is 16.9. The van der Waals surface area contributed by atoms with Crippen LogP contribution >= 0.6 is 11.6 Å². The second kappa shape index (κ2) is 6.10. The largest absolute Gasteiger partial charge is 0.381 e. The molecule has 0 amide bonds. The first-order chi connectivity index (χ1) is 9.79. The minimum absolute atomic E-state index is 0.260. The zero-order chi connectivity index (χ0) is 13.9. The maximum atomic E-state index is 13.9. The van der Waals surface area contributed by atoms with Gasteiger partial charge in [-0.3, -0.25) is 0 Å². The number of para-hydroxylation sites is 1. The van der Waals surface area contributed by atoms with Crippen molar-refractivity contribution in [3.63, 3.8) is 0 Å². The minimum atomic E-state index is -0.260. The molecule has 1 saturated heterocycles. The highest BCUT2D eigenvalue weighted by Crippen LogP contribution is 2.24. The third kappa shape index (κ3) is 2.67. The van der Waals surface area contributed by atoms with E-state index in [1.165, 1.54) is 6.07 Å². The van der Waals surface area contributed by atoms with E-state index in [1.54, 1.807) is 6.07 Å². The lowest BCUT2D eigenvalue weighted by Crippen LogP contribution is -2.21. The number of hydrogen-bond acceptors (Lipinski definition) is 2. The summed E-state index contributed by atoms with van der Waals surface area (Å²) in [6.45, 7) is 2.50. The molecule has 5 heteroatoms. The second-order valence-corrected chi connectivity index (χ2v) is 5.62. The minimum Gasteiger partial charge on any atom is -0.381 e. The molecule has 1 aromatic heterocycles. The van der Waals surface area contributed by atoms with E-state index in [4.69, 9.17) is 16.3 Å². The maximum Gasteiger partial charge on any atom is 0.151 e. The second-order valence-electron chi connectivity index (χ2n) is 5.24. The number of halogens is 2. The smallest absolute Gasteiger partial charge is 0.151 e. The summed E-state index contributed by atoms with van der Waals surface area (Å²) < 4.78 is 21.4. The van der Waals surface area contributed by atoms with Crippen LogP contribution in [0.5, 0.6) is 0 Å². The monoisotopic (exact) mass is 296 g/mol. The molecular formula is C15H18ClFN2O. The molecule has 1 aromatic carbocycles. The van der Waals surface area contributed by atoms with Crippen LogP contribution in [0.15, 0.2) is 18.2 Å². The highest BCUT2D eigenvalue weighted by molar-refractivity contribution is 6.17. The molecule has 0 saturated carbocycles. The number of aromatic nitrogens is 2. The Hall–Kier alpha value is -1.13. The molecule has 2 heterocycles. The third-order valence-corrected chi connectivity index (χ3v) is 4.10. The molecular weight excluding hydrogens is 279 g/mol. The van der Waals surface area contributed by atoms with Gasteiger partial charge in [0.15, 0.2) is 5.82 Å². The van der Waals surface area contributed by atoms with Gasteiger partial charge in [0.25, 0.3) is 0 Å². The SMILES string of the molecule is Fc1cccc2c1nc(CCCl)n2CC1CCOCC1. The predicted octanol–water partition coefficient (Wildman–Crippen LogP) is 3.38. The molecule has 0 bridgehead atoms. The first kappa shape index (κ1) is 13.8. The molecule has 108 valence electrons. The lowest BCUT2D eigenvalue weighted by Gasteiger charge is -2.23. The van der Waals surface area contributed by atoms with E-state index in [0.29, 0.717) is 23.7 Å². The standard InChI is InChI=1S/C15H18ClFN2O/c16-7-4-14-18-15-12(17)2-1-3-13(15)19(14)10-11-5-8-20-9-6-11/h1-3,11H,4-10H2. The van der Waals surface area contributed by atoms with Crippen LogP contribution in [-0.4, -0.2) is 28.6 Å². The van der Waals surface area contributed by atoms with Crippen molar-refractivity contribution in [2.45, 2.75) is 25.8 Å². The summed E-state index contributed by atoms with van der Waals surface area (Å²) in [7, 11) is 0. The van der Waals surface area contributed by atoms with E-state index in [1.807, 2.05) is 6.07 Å².